The first kappa shape index (κ1) is 13.3. The first-order valence-electron chi connectivity index (χ1n) is 6.33. The topological polar surface area (TPSA) is 26.3 Å². The first-order valence-corrected chi connectivity index (χ1v) is 6.33. The van der Waals surface area contributed by atoms with E-state index in [1.807, 2.05) is 24.3 Å². The highest BCUT2D eigenvalue weighted by molar-refractivity contribution is 5.90. The molecule has 0 heterocycles. The molecule has 19 heavy (non-hydrogen) atoms. The molecule has 2 heteroatoms. The molecule has 1 aromatic carbocycles. The molecule has 0 fully saturated rings. The molecule has 1 unspecified atom stereocenters. The summed E-state index contributed by atoms with van der Waals surface area (Å²) in [5, 5.41) is 0. The Morgan fingerprint density at radius 1 is 1.37 bits per heavy atom. The van der Waals surface area contributed by atoms with Crippen LogP contribution in [0.5, 0.6) is 0 Å². The van der Waals surface area contributed by atoms with Crippen molar-refractivity contribution in [3.63, 3.8) is 0 Å². The molecule has 0 bridgehead atoms. The van der Waals surface area contributed by atoms with Gasteiger partial charge in [0.15, 0.2) is 0 Å². The fraction of sp³-hybridized carbons (Fsp3) is 0.235. The van der Waals surface area contributed by atoms with Gasteiger partial charge in [-0.05, 0) is 29.5 Å². The Hall–Kier alpha value is -2.09. The van der Waals surface area contributed by atoms with Crippen molar-refractivity contribution in [2.24, 2.45) is 0 Å². The molecule has 0 aliphatic heterocycles. The number of fused-ring (bicyclic) bond motifs is 1. The van der Waals surface area contributed by atoms with Crippen LogP contribution in [0, 0.1) is 0 Å². The maximum absolute atomic E-state index is 12.4. The van der Waals surface area contributed by atoms with E-state index >= 15 is 0 Å². The zero-order valence-electron chi connectivity index (χ0n) is 11.2. The van der Waals surface area contributed by atoms with Crippen molar-refractivity contribution in [3.05, 3.63) is 72.4 Å². The lowest BCUT2D eigenvalue weighted by atomic mass is 9.74. The molecule has 0 saturated heterocycles. The van der Waals surface area contributed by atoms with Gasteiger partial charge in [-0.25, -0.2) is 0 Å². The van der Waals surface area contributed by atoms with Gasteiger partial charge in [0.25, 0.3) is 0 Å². The molecule has 0 radical (unpaired) electrons. The monoisotopic (exact) mass is 254 g/mol. The molecule has 2 rings (SSSR count). The summed E-state index contributed by atoms with van der Waals surface area (Å²) in [6, 6.07) is 8.02. The number of rotatable bonds is 4. The lowest BCUT2D eigenvalue weighted by Gasteiger charge is -2.28. The Morgan fingerprint density at radius 3 is 2.74 bits per heavy atom. The van der Waals surface area contributed by atoms with E-state index in [0.29, 0.717) is 6.42 Å². The molecule has 1 aliphatic rings. The predicted molar refractivity (Wildman–Crippen MR) is 76.9 cm³/mol. The van der Waals surface area contributed by atoms with Gasteiger partial charge >= 0.3 is 5.97 Å². The van der Waals surface area contributed by atoms with Gasteiger partial charge in [-0.15, -0.1) is 0 Å². The van der Waals surface area contributed by atoms with Gasteiger partial charge in [0.05, 0.1) is 7.11 Å². The quantitative estimate of drug-likeness (QED) is 0.608. The fourth-order valence-electron chi connectivity index (χ4n) is 2.93. The van der Waals surface area contributed by atoms with E-state index in [-0.39, 0.29) is 5.97 Å². The standard InChI is InChI=1S/C17H18O2/c1-4-8-14(5-2)17(16(18)19-3)12-11-13-9-6-7-10-15(13)17/h4-10H,1-2,11-12H2,3H3/b14-8+. The summed E-state index contributed by atoms with van der Waals surface area (Å²) >= 11 is 0. The van der Waals surface area contributed by atoms with E-state index in [1.54, 1.807) is 12.2 Å². The van der Waals surface area contributed by atoms with Crippen LogP contribution in [0.1, 0.15) is 17.5 Å². The molecule has 1 aromatic rings. The minimum Gasteiger partial charge on any atom is -0.468 e. The van der Waals surface area contributed by atoms with Crippen molar-refractivity contribution < 1.29 is 9.53 Å². The average Bonchev–Trinajstić information content (AvgIpc) is 2.84. The summed E-state index contributed by atoms with van der Waals surface area (Å²) in [6.45, 7) is 7.55. The molecule has 0 saturated carbocycles. The highest BCUT2D eigenvalue weighted by Crippen LogP contribution is 2.45. The van der Waals surface area contributed by atoms with Gasteiger partial charge in [0.1, 0.15) is 5.41 Å². The van der Waals surface area contributed by atoms with Crippen LogP contribution >= 0.6 is 0 Å². The van der Waals surface area contributed by atoms with Crippen molar-refractivity contribution in [2.45, 2.75) is 18.3 Å². The van der Waals surface area contributed by atoms with Crippen molar-refractivity contribution in [1.29, 1.82) is 0 Å². The number of carbonyl (C=O) groups is 1. The summed E-state index contributed by atoms with van der Waals surface area (Å²) in [4.78, 5) is 12.4. The minimum atomic E-state index is -0.735. The van der Waals surface area contributed by atoms with E-state index in [4.69, 9.17) is 4.74 Å². The van der Waals surface area contributed by atoms with Gasteiger partial charge in [-0.3, -0.25) is 4.79 Å². The average molecular weight is 254 g/mol. The van der Waals surface area contributed by atoms with E-state index in [9.17, 15) is 4.79 Å². The van der Waals surface area contributed by atoms with Gasteiger partial charge < -0.3 is 4.74 Å². The fourth-order valence-corrected chi connectivity index (χ4v) is 2.93. The SMILES string of the molecule is C=C/C=C(\C=C)C1(C(=O)OC)CCc2ccccc21. The summed E-state index contributed by atoms with van der Waals surface area (Å²) in [7, 11) is 1.43. The normalized spacial score (nSPS) is 21.6. The number of allylic oxidation sites excluding steroid dienone is 3. The van der Waals surface area contributed by atoms with Crippen LogP contribution < -0.4 is 0 Å². The van der Waals surface area contributed by atoms with Crippen LogP contribution in [0.2, 0.25) is 0 Å². The predicted octanol–water partition coefficient (Wildman–Crippen LogP) is 3.34. The molecule has 2 nitrogen and oxygen atoms in total. The Labute approximate surface area is 114 Å². The minimum absolute atomic E-state index is 0.231. The lowest BCUT2D eigenvalue weighted by molar-refractivity contribution is -0.145. The first-order chi connectivity index (χ1) is 9.20. The largest absolute Gasteiger partial charge is 0.468 e. The third-order valence-corrected chi connectivity index (χ3v) is 3.79. The third kappa shape index (κ3) is 1.93. The van der Waals surface area contributed by atoms with Crippen LogP contribution in [0.25, 0.3) is 0 Å². The molecular formula is C17H18O2. The van der Waals surface area contributed by atoms with Gasteiger partial charge in [-0.2, -0.15) is 0 Å². The van der Waals surface area contributed by atoms with Crippen LogP contribution in [-0.2, 0) is 21.4 Å². The molecule has 1 aliphatic carbocycles. The van der Waals surface area contributed by atoms with Crippen LogP contribution in [-0.4, -0.2) is 13.1 Å². The molecule has 1 atom stereocenters. The third-order valence-electron chi connectivity index (χ3n) is 3.79. The number of methoxy groups -OCH3 is 1. The highest BCUT2D eigenvalue weighted by Gasteiger charge is 2.48. The second-order valence-electron chi connectivity index (χ2n) is 4.62. The highest BCUT2D eigenvalue weighted by atomic mass is 16.5. The summed E-state index contributed by atoms with van der Waals surface area (Å²) in [5.41, 5.74) is 2.33. The number of benzene rings is 1. The number of hydrogen-bond acceptors (Lipinski definition) is 2. The Kier molecular flexibility index (Phi) is 3.70. The van der Waals surface area contributed by atoms with Crippen LogP contribution in [0.4, 0.5) is 0 Å². The van der Waals surface area contributed by atoms with Crippen molar-refractivity contribution in [1.82, 2.24) is 0 Å². The van der Waals surface area contributed by atoms with Crippen LogP contribution in [0.15, 0.2) is 61.2 Å². The number of ether oxygens (including phenoxy) is 1. The molecule has 0 aromatic heterocycles. The van der Waals surface area contributed by atoms with E-state index in [2.05, 4.69) is 19.2 Å². The van der Waals surface area contributed by atoms with Gasteiger partial charge in [0, 0.05) is 0 Å². The summed E-state index contributed by atoms with van der Waals surface area (Å²) in [5.74, 6) is -0.231. The summed E-state index contributed by atoms with van der Waals surface area (Å²) < 4.78 is 5.06. The smallest absolute Gasteiger partial charge is 0.320 e. The molecule has 0 amide bonds. The zero-order chi connectivity index (χ0) is 13.9. The van der Waals surface area contributed by atoms with Crippen molar-refractivity contribution >= 4 is 5.97 Å². The zero-order valence-corrected chi connectivity index (χ0v) is 11.2. The van der Waals surface area contributed by atoms with Gasteiger partial charge in [0.2, 0.25) is 0 Å². The lowest BCUT2D eigenvalue weighted by Crippen LogP contribution is -2.36. The Balaban J connectivity index is 2.68. The Bertz CT molecular complexity index is 554. The molecule has 98 valence electrons. The van der Waals surface area contributed by atoms with Gasteiger partial charge in [-0.1, -0.05) is 55.7 Å². The molecular weight excluding hydrogens is 236 g/mol. The number of carbonyl (C=O) groups excluding carboxylic acids is 1. The second kappa shape index (κ2) is 5.27. The number of hydrogen-bond donors (Lipinski definition) is 0. The molecule has 0 spiro atoms. The number of esters is 1. The van der Waals surface area contributed by atoms with Crippen LogP contribution in [0.3, 0.4) is 0 Å². The van der Waals surface area contributed by atoms with Crippen molar-refractivity contribution in [2.75, 3.05) is 7.11 Å². The maximum Gasteiger partial charge on any atom is 0.320 e. The Morgan fingerprint density at radius 2 is 2.11 bits per heavy atom. The summed E-state index contributed by atoms with van der Waals surface area (Å²) in [6.07, 6.45) is 6.83. The maximum atomic E-state index is 12.4. The van der Waals surface area contributed by atoms with E-state index < -0.39 is 5.41 Å². The van der Waals surface area contributed by atoms with Crippen molar-refractivity contribution in [3.8, 4) is 0 Å². The molecule has 0 N–H and O–H groups in total. The number of aryl methyl sites for hydroxylation is 1. The second-order valence-corrected chi connectivity index (χ2v) is 4.62. The van der Waals surface area contributed by atoms with E-state index in [0.717, 1.165) is 17.6 Å². The van der Waals surface area contributed by atoms with E-state index in [1.165, 1.54) is 12.7 Å².